The summed E-state index contributed by atoms with van der Waals surface area (Å²) in [4.78, 5) is 22.8. The Bertz CT molecular complexity index is 274. The first-order chi connectivity index (χ1) is 6.50. The lowest BCUT2D eigenvalue weighted by Gasteiger charge is -2.09. The summed E-state index contributed by atoms with van der Waals surface area (Å²) < 4.78 is 6.76. The van der Waals surface area contributed by atoms with Crippen LogP contribution in [0, 0.1) is 17.3 Å². The third-order valence-corrected chi connectivity index (χ3v) is 3.09. The summed E-state index contributed by atoms with van der Waals surface area (Å²) in [6.07, 6.45) is 0. The minimum atomic E-state index is -0.624. The van der Waals surface area contributed by atoms with Crippen molar-refractivity contribution in [2.45, 2.75) is 20.7 Å². The van der Waals surface area contributed by atoms with Crippen molar-refractivity contribution in [3.05, 3.63) is 0 Å². The van der Waals surface area contributed by atoms with Crippen LogP contribution < -0.4 is 11.0 Å². The molecular formula is C8H15BN2O2. The number of primary amides is 1. The van der Waals surface area contributed by atoms with E-state index in [-0.39, 0.29) is 23.7 Å². The van der Waals surface area contributed by atoms with E-state index in [9.17, 15) is 9.59 Å². The Morgan fingerprint density at radius 1 is 1.69 bits per heavy atom. The number of carbonyl (C=O) groups excluding carboxylic acids is 2. The highest BCUT2D eigenvalue weighted by atomic mass is 16.2. The highest BCUT2D eigenvalue weighted by molar-refractivity contribution is 6.35. The molecular weight excluding hydrogens is 167 g/mol. The maximum atomic E-state index is 11.6. The van der Waals surface area contributed by atoms with Gasteiger partial charge in [-0.3, -0.25) is 9.59 Å². The van der Waals surface area contributed by atoms with Crippen molar-refractivity contribution in [1.82, 2.24) is 5.23 Å². The molecule has 3 N–H and O–H groups in total. The van der Waals surface area contributed by atoms with E-state index in [2.05, 4.69) is 5.23 Å². The van der Waals surface area contributed by atoms with Crippen LogP contribution in [0.3, 0.4) is 0 Å². The molecule has 72 valence electrons. The van der Waals surface area contributed by atoms with Crippen LogP contribution in [0.5, 0.6) is 0 Å². The average molecular weight is 183 g/mol. The lowest BCUT2D eigenvalue weighted by atomic mass is 9.95. The van der Waals surface area contributed by atoms with E-state index in [1.54, 1.807) is 6.92 Å². The lowest BCUT2D eigenvalue weighted by Crippen LogP contribution is -2.35. The molecule has 1 saturated carbocycles. The number of hydrogen-bond donors (Lipinski definition) is 2. The molecule has 0 aliphatic heterocycles. The molecule has 1 unspecified atom stereocenters. The Morgan fingerprint density at radius 3 is 2.77 bits per heavy atom. The SMILES string of the molecule is [2H]NC(=O)[C@H]1C(C)[C@@]1(C)C(=O)NBC. The van der Waals surface area contributed by atoms with Gasteiger partial charge in [0.15, 0.2) is 1.41 Å². The van der Waals surface area contributed by atoms with Gasteiger partial charge < -0.3 is 11.0 Å². The molecule has 0 aromatic heterocycles. The molecule has 1 fully saturated rings. The average Bonchev–Trinajstić information content (AvgIpc) is 2.71. The highest BCUT2D eigenvalue weighted by Crippen LogP contribution is 2.58. The maximum Gasteiger partial charge on any atom is 0.232 e. The van der Waals surface area contributed by atoms with E-state index in [4.69, 9.17) is 1.41 Å². The first-order valence-electron chi connectivity index (χ1n) is 5.00. The molecule has 3 atom stereocenters. The fourth-order valence-corrected chi connectivity index (χ4v) is 1.93. The zero-order chi connectivity index (χ0) is 10.9. The number of nitrogens with two attached hydrogens (primary N) is 1. The normalized spacial score (nSPS) is 37.3. The first kappa shape index (κ1) is 8.60. The molecule has 0 saturated heterocycles. The molecule has 1 aliphatic rings. The molecule has 0 aromatic carbocycles. The zero-order valence-corrected chi connectivity index (χ0v) is 8.18. The van der Waals surface area contributed by atoms with Gasteiger partial charge in [-0.25, -0.2) is 0 Å². The van der Waals surface area contributed by atoms with Crippen molar-refractivity contribution in [3.63, 3.8) is 0 Å². The Labute approximate surface area is 80.0 Å². The molecule has 5 heteroatoms. The van der Waals surface area contributed by atoms with Gasteiger partial charge >= 0.3 is 0 Å². The quantitative estimate of drug-likeness (QED) is 0.565. The predicted molar refractivity (Wildman–Crippen MR) is 51.1 cm³/mol. The predicted octanol–water partition coefficient (Wildman–Crippen LogP) is -0.740. The topological polar surface area (TPSA) is 72.2 Å². The summed E-state index contributed by atoms with van der Waals surface area (Å²) in [6, 6.07) is 0. The summed E-state index contributed by atoms with van der Waals surface area (Å²) in [7, 11) is 0.566. The van der Waals surface area contributed by atoms with Crippen LogP contribution in [0.4, 0.5) is 0 Å². The van der Waals surface area contributed by atoms with Gasteiger partial charge in [-0.05, 0) is 12.8 Å². The van der Waals surface area contributed by atoms with Gasteiger partial charge in [-0.1, -0.05) is 13.7 Å². The fraction of sp³-hybridized carbons (Fsp3) is 0.750. The van der Waals surface area contributed by atoms with E-state index < -0.39 is 5.41 Å². The van der Waals surface area contributed by atoms with Crippen LogP contribution in [0.15, 0.2) is 0 Å². The van der Waals surface area contributed by atoms with E-state index in [1.165, 1.54) is 0 Å². The van der Waals surface area contributed by atoms with Crippen molar-refractivity contribution in [1.29, 1.82) is 0 Å². The van der Waals surface area contributed by atoms with Crippen LogP contribution in [-0.2, 0) is 9.59 Å². The van der Waals surface area contributed by atoms with Crippen molar-refractivity contribution in [3.8, 4) is 0 Å². The van der Waals surface area contributed by atoms with Gasteiger partial charge in [0.2, 0.25) is 19.2 Å². The number of carbonyl (C=O) groups is 2. The minimum absolute atomic E-state index is 0.0133. The second-order valence-corrected chi connectivity index (χ2v) is 3.77. The summed E-state index contributed by atoms with van der Waals surface area (Å²) >= 11 is 0. The molecule has 1 aliphatic carbocycles. The fourth-order valence-electron chi connectivity index (χ4n) is 1.93. The Hall–Kier alpha value is -0.995. The third-order valence-electron chi connectivity index (χ3n) is 3.09. The molecule has 4 nitrogen and oxygen atoms in total. The molecule has 0 aromatic rings. The van der Waals surface area contributed by atoms with Crippen molar-refractivity contribution in [2.24, 2.45) is 23.0 Å². The van der Waals surface area contributed by atoms with Gasteiger partial charge in [0.1, 0.15) is 0 Å². The molecule has 2 amide bonds. The van der Waals surface area contributed by atoms with Crippen LogP contribution >= 0.6 is 0 Å². The van der Waals surface area contributed by atoms with E-state index in [0.717, 1.165) is 0 Å². The number of amides is 2. The van der Waals surface area contributed by atoms with Gasteiger partial charge in [-0.15, -0.1) is 0 Å². The lowest BCUT2D eigenvalue weighted by molar-refractivity contribution is -0.128. The molecule has 0 spiro atoms. The van der Waals surface area contributed by atoms with Gasteiger partial charge in [0, 0.05) is 0 Å². The van der Waals surface area contributed by atoms with Crippen molar-refractivity contribution >= 4 is 19.2 Å². The summed E-state index contributed by atoms with van der Waals surface area (Å²) in [5, 5.41) is 2.71. The van der Waals surface area contributed by atoms with E-state index in [1.807, 2.05) is 19.5 Å². The Kier molecular flexibility index (Phi) is 2.02. The standard InChI is InChI=1S/C8H15BN2O2/c1-4-5(6(10)12)8(4,2)7(13)11-9-3/h4-5,9H,1-3H3,(H2,10,12)(H,11,13)/t4?,5-,8-/m1/s1/i/hD. The van der Waals surface area contributed by atoms with Gasteiger partial charge in [0.25, 0.3) is 0 Å². The van der Waals surface area contributed by atoms with Gasteiger partial charge in [0.05, 0.1) is 11.3 Å². The van der Waals surface area contributed by atoms with Crippen molar-refractivity contribution in [2.75, 3.05) is 0 Å². The minimum Gasteiger partial charge on any atom is -0.402 e. The highest BCUT2D eigenvalue weighted by Gasteiger charge is 2.66. The molecule has 0 radical (unpaired) electrons. The maximum absolute atomic E-state index is 11.6. The monoisotopic (exact) mass is 183 g/mol. The third kappa shape index (κ3) is 1.32. The van der Waals surface area contributed by atoms with E-state index in [0.29, 0.717) is 7.41 Å². The number of nitrogens with one attached hydrogen (secondary N) is 1. The van der Waals surface area contributed by atoms with E-state index >= 15 is 0 Å². The Balaban J connectivity index is 2.70. The molecule has 0 bridgehead atoms. The Morgan fingerprint density at radius 2 is 2.31 bits per heavy atom. The summed E-state index contributed by atoms with van der Waals surface area (Å²) in [6.45, 7) is 5.46. The van der Waals surface area contributed by atoms with Crippen molar-refractivity contribution < 1.29 is 11.0 Å². The second-order valence-electron chi connectivity index (χ2n) is 3.77. The summed E-state index contributed by atoms with van der Waals surface area (Å²) in [5.74, 6) is -0.807. The zero-order valence-electron chi connectivity index (χ0n) is 9.18. The number of hydrogen-bond acceptors (Lipinski definition) is 2. The van der Waals surface area contributed by atoms with Crippen LogP contribution in [0.2, 0.25) is 8.23 Å². The molecule has 0 heterocycles. The number of rotatable bonds is 3. The van der Waals surface area contributed by atoms with Crippen LogP contribution in [0.1, 0.15) is 13.8 Å². The first-order valence-corrected chi connectivity index (χ1v) is 4.50. The summed E-state index contributed by atoms with van der Waals surface area (Å²) in [5.41, 5.74) is 1.22. The largest absolute Gasteiger partial charge is 0.402 e. The van der Waals surface area contributed by atoms with Gasteiger partial charge in [-0.2, -0.15) is 0 Å². The van der Waals surface area contributed by atoms with Crippen LogP contribution in [0.25, 0.3) is 0 Å². The smallest absolute Gasteiger partial charge is 0.232 e. The molecule has 1 rings (SSSR count). The molecule has 13 heavy (non-hydrogen) atoms. The second kappa shape index (κ2) is 3.05. The van der Waals surface area contributed by atoms with Crippen LogP contribution in [-0.4, -0.2) is 19.2 Å².